The maximum absolute atomic E-state index is 13.3. The number of anilines is 2. The topological polar surface area (TPSA) is 46.9 Å². The summed E-state index contributed by atoms with van der Waals surface area (Å²) in [5.74, 6) is 0.619. The van der Waals surface area contributed by atoms with E-state index >= 15 is 0 Å². The third-order valence-corrected chi connectivity index (χ3v) is 6.35. The zero-order valence-electron chi connectivity index (χ0n) is 14.3. The summed E-state index contributed by atoms with van der Waals surface area (Å²) in [5, 5.41) is 4.17. The third-order valence-electron chi connectivity index (χ3n) is 4.64. The number of benzene rings is 1. The molecular formula is C19H20BrN3OS. The molecule has 0 bridgehead atoms. The highest BCUT2D eigenvalue weighted by Gasteiger charge is 2.22. The predicted molar refractivity (Wildman–Crippen MR) is 108 cm³/mol. The Bertz CT molecular complexity index is 989. The summed E-state index contributed by atoms with van der Waals surface area (Å²) in [6, 6.07) is 7.95. The highest BCUT2D eigenvalue weighted by atomic mass is 79.9. The van der Waals surface area contributed by atoms with Crippen molar-refractivity contribution in [2.75, 3.05) is 5.32 Å². The van der Waals surface area contributed by atoms with Crippen LogP contribution >= 0.6 is 27.3 Å². The van der Waals surface area contributed by atoms with Gasteiger partial charge in [-0.25, -0.2) is 4.98 Å². The molecule has 2 aromatic heterocycles. The Labute approximate surface area is 159 Å². The van der Waals surface area contributed by atoms with Gasteiger partial charge in [0.25, 0.3) is 5.56 Å². The molecule has 0 radical (unpaired) electrons. The van der Waals surface area contributed by atoms with E-state index in [1.807, 2.05) is 38.1 Å². The summed E-state index contributed by atoms with van der Waals surface area (Å²) in [4.78, 5) is 20.3. The molecule has 25 heavy (non-hydrogen) atoms. The first-order chi connectivity index (χ1) is 12.0. The van der Waals surface area contributed by atoms with E-state index in [4.69, 9.17) is 4.98 Å². The average Bonchev–Trinajstić information content (AvgIpc) is 2.95. The van der Waals surface area contributed by atoms with Crippen molar-refractivity contribution in [1.29, 1.82) is 0 Å². The highest BCUT2D eigenvalue weighted by Crippen LogP contribution is 2.35. The van der Waals surface area contributed by atoms with E-state index in [9.17, 15) is 4.79 Å². The van der Waals surface area contributed by atoms with Gasteiger partial charge in [-0.05, 0) is 69.4 Å². The molecule has 0 spiro atoms. The van der Waals surface area contributed by atoms with Gasteiger partial charge in [0.15, 0.2) is 0 Å². The van der Waals surface area contributed by atoms with Crippen molar-refractivity contribution in [3.05, 3.63) is 49.5 Å². The normalized spacial score (nSPS) is 14.1. The van der Waals surface area contributed by atoms with Crippen LogP contribution in [-0.2, 0) is 12.8 Å². The zero-order valence-corrected chi connectivity index (χ0v) is 16.7. The number of nitrogens with one attached hydrogen (secondary N) is 1. The first-order valence-electron chi connectivity index (χ1n) is 8.64. The van der Waals surface area contributed by atoms with Gasteiger partial charge >= 0.3 is 0 Å². The maximum atomic E-state index is 13.3. The van der Waals surface area contributed by atoms with Crippen LogP contribution in [0.5, 0.6) is 0 Å². The van der Waals surface area contributed by atoms with Gasteiger partial charge in [-0.15, -0.1) is 11.3 Å². The molecule has 6 heteroatoms. The van der Waals surface area contributed by atoms with Crippen molar-refractivity contribution in [2.24, 2.45) is 0 Å². The van der Waals surface area contributed by atoms with Crippen molar-refractivity contribution in [1.82, 2.24) is 9.55 Å². The largest absolute Gasteiger partial charge is 0.325 e. The molecule has 1 aliphatic carbocycles. The monoisotopic (exact) mass is 417 g/mol. The highest BCUT2D eigenvalue weighted by molar-refractivity contribution is 9.10. The summed E-state index contributed by atoms with van der Waals surface area (Å²) >= 11 is 5.14. The van der Waals surface area contributed by atoms with Gasteiger partial charge in [-0.1, -0.05) is 15.9 Å². The minimum atomic E-state index is 0.0430. The third kappa shape index (κ3) is 3.02. The Hall–Kier alpha value is -1.66. The molecule has 0 unspecified atom stereocenters. The number of halogens is 1. The molecule has 0 atom stereocenters. The van der Waals surface area contributed by atoms with E-state index in [2.05, 4.69) is 21.2 Å². The van der Waals surface area contributed by atoms with E-state index < -0.39 is 0 Å². The zero-order chi connectivity index (χ0) is 17.6. The summed E-state index contributed by atoms with van der Waals surface area (Å²) < 4.78 is 2.81. The molecule has 1 N–H and O–H groups in total. The van der Waals surface area contributed by atoms with Gasteiger partial charge in [0.2, 0.25) is 5.95 Å². The Balaban J connectivity index is 1.89. The van der Waals surface area contributed by atoms with Crippen molar-refractivity contribution in [3.63, 3.8) is 0 Å². The minimum Gasteiger partial charge on any atom is -0.325 e. The number of fused-ring (bicyclic) bond motifs is 3. The van der Waals surface area contributed by atoms with E-state index in [0.29, 0.717) is 5.95 Å². The van der Waals surface area contributed by atoms with Crippen molar-refractivity contribution < 1.29 is 0 Å². The molecule has 1 aliphatic rings. The summed E-state index contributed by atoms with van der Waals surface area (Å²) in [6.07, 6.45) is 4.46. The van der Waals surface area contributed by atoms with Crippen LogP contribution in [0.3, 0.4) is 0 Å². The molecule has 3 aromatic rings. The van der Waals surface area contributed by atoms with Gasteiger partial charge in [-0.3, -0.25) is 9.36 Å². The van der Waals surface area contributed by atoms with Crippen LogP contribution in [0, 0.1) is 0 Å². The molecule has 2 heterocycles. The molecule has 4 nitrogen and oxygen atoms in total. The van der Waals surface area contributed by atoms with Gasteiger partial charge in [-0.2, -0.15) is 0 Å². The lowest BCUT2D eigenvalue weighted by molar-refractivity contribution is 0.582. The van der Waals surface area contributed by atoms with Crippen LogP contribution in [-0.4, -0.2) is 9.55 Å². The van der Waals surface area contributed by atoms with Crippen LogP contribution in [0.2, 0.25) is 0 Å². The second-order valence-corrected chi connectivity index (χ2v) is 8.73. The van der Waals surface area contributed by atoms with Gasteiger partial charge < -0.3 is 5.32 Å². The molecule has 1 aromatic carbocycles. The first-order valence-corrected chi connectivity index (χ1v) is 10.2. The van der Waals surface area contributed by atoms with Gasteiger partial charge in [0, 0.05) is 21.1 Å². The van der Waals surface area contributed by atoms with Crippen LogP contribution in [0.25, 0.3) is 10.2 Å². The lowest BCUT2D eigenvalue weighted by atomic mass is 9.97. The second kappa shape index (κ2) is 6.57. The molecule has 4 rings (SSSR count). The summed E-state index contributed by atoms with van der Waals surface area (Å²) in [6.45, 7) is 4.06. The summed E-state index contributed by atoms with van der Waals surface area (Å²) in [7, 11) is 0. The van der Waals surface area contributed by atoms with Crippen LogP contribution < -0.4 is 10.9 Å². The standard InChI is InChI=1S/C19H20BrN3OS/c1-11(2)23-18(24)16-14-5-3-4-6-15(14)25-17(16)22-19(23)21-13-9-7-12(20)8-10-13/h7-11H,3-6H2,1-2H3,(H,21,22). The summed E-state index contributed by atoms with van der Waals surface area (Å²) in [5.41, 5.74) is 2.25. The van der Waals surface area contributed by atoms with Crippen molar-refractivity contribution in [3.8, 4) is 0 Å². The maximum Gasteiger partial charge on any atom is 0.264 e. The smallest absolute Gasteiger partial charge is 0.264 e. The van der Waals surface area contributed by atoms with Crippen molar-refractivity contribution in [2.45, 2.75) is 45.6 Å². The number of hydrogen-bond acceptors (Lipinski definition) is 4. The predicted octanol–water partition coefficient (Wildman–Crippen LogP) is 5.42. The molecule has 0 saturated heterocycles. The van der Waals surface area contributed by atoms with E-state index in [1.165, 1.54) is 23.3 Å². The second-order valence-electron chi connectivity index (χ2n) is 6.73. The molecule has 0 amide bonds. The Morgan fingerprint density at radius 2 is 1.92 bits per heavy atom. The van der Waals surface area contributed by atoms with Crippen LogP contribution in [0.1, 0.15) is 43.2 Å². The quantitative estimate of drug-likeness (QED) is 0.618. The lowest BCUT2D eigenvalue weighted by Crippen LogP contribution is -2.26. The van der Waals surface area contributed by atoms with Gasteiger partial charge in [0.05, 0.1) is 5.39 Å². The molecule has 130 valence electrons. The Morgan fingerprint density at radius 3 is 2.64 bits per heavy atom. The number of thiophene rings is 1. The van der Waals surface area contributed by atoms with E-state index in [-0.39, 0.29) is 11.6 Å². The fourth-order valence-corrected chi connectivity index (χ4v) is 4.96. The van der Waals surface area contributed by atoms with Gasteiger partial charge in [0.1, 0.15) is 4.83 Å². The molecule has 0 fully saturated rings. The average molecular weight is 418 g/mol. The van der Waals surface area contributed by atoms with E-state index in [0.717, 1.165) is 33.2 Å². The number of aryl methyl sites for hydroxylation is 2. The Morgan fingerprint density at radius 1 is 1.20 bits per heavy atom. The fourth-order valence-electron chi connectivity index (χ4n) is 3.45. The van der Waals surface area contributed by atoms with Crippen LogP contribution in [0.15, 0.2) is 33.5 Å². The number of hydrogen-bond donors (Lipinski definition) is 1. The fraction of sp³-hybridized carbons (Fsp3) is 0.368. The Kier molecular flexibility index (Phi) is 4.41. The number of nitrogens with zero attached hydrogens (tertiary/aromatic N) is 2. The number of aromatic nitrogens is 2. The minimum absolute atomic E-state index is 0.0430. The molecular weight excluding hydrogens is 398 g/mol. The lowest BCUT2D eigenvalue weighted by Gasteiger charge is -2.17. The van der Waals surface area contributed by atoms with Crippen molar-refractivity contribution >= 4 is 49.1 Å². The SMILES string of the molecule is CC(C)n1c(Nc2ccc(Br)cc2)nc2sc3c(c2c1=O)CCCC3. The first kappa shape index (κ1) is 16.8. The number of rotatable bonds is 3. The van der Waals surface area contributed by atoms with E-state index in [1.54, 1.807) is 15.9 Å². The van der Waals surface area contributed by atoms with Crippen LogP contribution in [0.4, 0.5) is 11.6 Å². The molecule has 0 aliphatic heterocycles. The molecule has 0 saturated carbocycles.